The molecule has 0 saturated carbocycles. The summed E-state index contributed by atoms with van der Waals surface area (Å²) in [5.41, 5.74) is 6.30. The Morgan fingerprint density at radius 1 is 1.06 bits per heavy atom. The number of hydrogen-bond acceptors (Lipinski definition) is 8. The van der Waals surface area contributed by atoms with E-state index < -0.39 is 0 Å². The third-order valence-electron chi connectivity index (χ3n) is 5.35. The Kier molecular flexibility index (Phi) is 6.14. The number of carbonyl (C=O) groups is 1. The number of fused-ring (bicyclic) bond motifs is 1. The molecule has 9 nitrogen and oxygen atoms in total. The molecule has 0 saturated heterocycles. The van der Waals surface area contributed by atoms with Crippen molar-refractivity contribution in [2.45, 2.75) is 26.8 Å². The second-order valence-corrected chi connectivity index (χ2v) is 9.47. The fraction of sp³-hybridized carbons (Fsp3) is 0.154. The van der Waals surface area contributed by atoms with Crippen LogP contribution in [-0.2, 0) is 4.79 Å². The van der Waals surface area contributed by atoms with Crippen LogP contribution >= 0.6 is 11.3 Å². The largest absolute Gasteiger partial charge is 0.382 e. The summed E-state index contributed by atoms with van der Waals surface area (Å²) < 4.78 is 1.77. The molecule has 1 aromatic carbocycles. The summed E-state index contributed by atoms with van der Waals surface area (Å²) in [5, 5.41) is 30.2. The van der Waals surface area contributed by atoms with Crippen molar-refractivity contribution in [3.63, 3.8) is 0 Å². The number of nitriles is 1. The van der Waals surface area contributed by atoms with Crippen molar-refractivity contribution in [3.8, 4) is 38.6 Å². The minimum atomic E-state index is -0.113. The van der Waals surface area contributed by atoms with Crippen molar-refractivity contribution in [2.75, 3.05) is 10.6 Å². The SMILES string of the molecule is CC(=O)Nc1ccc(-c2nnc(-c3cnc(-c4ccc5cc(C#N)cnn45)cc3NC(C)C)s2)cc1. The van der Waals surface area contributed by atoms with Gasteiger partial charge in [0.1, 0.15) is 11.1 Å². The van der Waals surface area contributed by atoms with Gasteiger partial charge < -0.3 is 10.6 Å². The molecule has 178 valence electrons. The molecule has 5 aromatic rings. The summed E-state index contributed by atoms with van der Waals surface area (Å²) in [5.74, 6) is -0.113. The van der Waals surface area contributed by atoms with Gasteiger partial charge in [-0.25, -0.2) is 4.52 Å². The minimum absolute atomic E-state index is 0.113. The zero-order chi connectivity index (χ0) is 25.2. The second kappa shape index (κ2) is 9.56. The molecule has 5 rings (SSSR count). The quantitative estimate of drug-likeness (QED) is 0.331. The van der Waals surface area contributed by atoms with Crippen LogP contribution in [0.5, 0.6) is 0 Å². The Morgan fingerprint density at radius 2 is 1.83 bits per heavy atom. The molecule has 1 amide bonds. The van der Waals surface area contributed by atoms with Crippen LogP contribution in [0.15, 0.2) is 60.9 Å². The Balaban J connectivity index is 1.50. The average molecular weight is 495 g/mol. The molecule has 2 N–H and O–H groups in total. The normalized spacial score (nSPS) is 11.0. The van der Waals surface area contributed by atoms with Gasteiger partial charge in [0, 0.05) is 36.1 Å². The monoisotopic (exact) mass is 494 g/mol. The highest BCUT2D eigenvalue weighted by atomic mass is 32.1. The van der Waals surface area contributed by atoms with E-state index in [0.29, 0.717) is 5.56 Å². The minimum Gasteiger partial charge on any atom is -0.382 e. The lowest BCUT2D eigenvalue weighted by Gasteiger charge is -2.14. The number of rotatable bonds is 6. The summed E-state index contributed by atoms with van der Waals surface area (Å²) in [6.45, 7) is 5.63. The lowest BCUT2D eigenvalue weighted by atomic mass is 10.1. The maximum absolute atomic E-state index is 11.3. The molecule has 0 bridgehead atoms. The first-order valence-electron chi connectivity index (χ1n) is 11.3. The van der Waals surface area contributed by atoms with Gasteiger partial charge in [-0.3, -0.25) is 9.78 Å². The van der Waals surface area contributed by atoms with Crippen LogP contribution in [0.2, 0.25) is 0 Å². The molecular weight excluding hydrogens is 472 g/mol. The highest BCUT2D eigenvalue weighted by Gasteiger charge is 2.17. The van der Waals surface area contributed by atoms with E-state index in [1.165, 1.54) is 18.3 Å². The number of nitrogens with zero attached hydrogens (tertiary/aromatic N) is 6. The zero-order valence-corrected chi connectivity index (χ0v) is 20.7. The highest BCUT2D eigenvalue weighted by molar-refractivity contribution is 7.18. The molecule has 0 radical (unpaired) electrons. The predicted octanol–water partition coefficient (Wildman–Crippen LogP) is 5.23. The molecule has 0 aliphatic heterocycles. The Morgan fingerprint density at radius 3 is 2.56 bits per heavy atom. The molecule has 0 aliphatic carbocycles. The van der Waals surface area contributed by atoms with E-state index in [2.05, 4.69) is 45.8 Å². The molecule has 0 unspecified atom stereocenters. The van der Waals surface area contributed by atoms with Crippen LogP contribution in [0.1, 0.15) is 26.3 Å². The molecule has 4 heterocycles. The molecule has 0 fully saturated rings. The topological polar surface area (TPSA) is 121 Å². The van der Waals surface area contributed by atoms with Crippen molar-refractivity contribution in [3.05, 3.63) is 66.5 Å². The summed E-state index contributed by atoms with van der Waals surface area (Å²) >= 11 is 1.47. The van der Waals surface area contributed by atoms with Gasteiger partial charge in [0.05, 0.1) is 34.2 Å². The van der Waals surface area contributed by atoms with E-state index in [0.717, 1.165) is 49.4 Å². The van der Waals surface area contributed by atoms with E-state index in [-0.39, 0.29) is 11.9 Å². The third kappa shape index (κ3) is 4.64. The zero-order valence-electron chi connectivity index (χ0n) is 19.9. The standard InChI is InChI=1S/C26H22N8OS/c1-15(2)30-22-11-23(24-9-8-20-10-17(12-27)13-29-34(20)24)28-14-21(22)26-33-32-25(36-26)18-4-6-19(7-5-18)31-16(3)35/h4-11,13-15H,1-3H3,(H,28,30)(H,31,35). The fourth-order valence-electron chi connectivity index (χ4n) is 3.80. The number of amides is 1. The molecule has 36 heavy (non-hydrogen) atoms. The highest BCUT2D eigenvalue weighted by Crippen LogP contribution is 2.36. The molecule has 0 aliphatic rings. The predicted molar refractivity (Wildman–Crippen MR) is 141 cm³/mol. The average Bonchev–Trinajstić information content (AvgIpc) is 3.51. The van der Waals surface area contributed by atoms with Crippen molar-refractivity contribution in [1.82, 2.24) is 24.8 Å². The number of hydrogen-bond donors (Lipinski definition) is 2. The van der Waals surface area contributed by atoms with Gasteiger partial charge >= 0.3 is 0 Å². The fourth-order valence-corrected chi connectivity index (χ4v) is 4.67. The van der Waals surface area contributed by atoms with E-state index in [9.17, 15) is 4.79 Å². The van der Waals surface area contributed by atoms with Crippen LogP contribution in [-0.4, -0.2) is 36.7 Å². The van der Waals surface area contributed by atoms with Crippen molar-refractivity contribution in [2.24, 2.45) is 0 Å². The van der Waals surface area contributed by atoms with Crippen molar-refractivity contribution in [1.29, 1.82) is 5.26 Å². The van der Waals surface area contributed by atoms with Gasteiger partial charge in [-0.1, -0.05) is 11.3 Å². The maximum Gasteiger partial charge on any atom is 0.221 e. The molecule has 4 aromatic heterocycles. The van der Waals surface area contributed by atoms with Gasteiger partial charge in [0.2, 0.25) is 5.91 Å². The van der Waals surface area contributed by atoms with Crippen LogP contribution in [0.25, 0.3) is 38.0 Å². The number of aromatic nitrogens is 5. The van der Waals surface area contributed by atoms with E-state index >= 15 is 0 Å². The Hall–Kier alpha value is -4.62. The first-order valence-corrected chi connectivity index (χ1v) is 12.1. The summed E-state index contributed by atoms with van der Waals surface area (Å²) in [6, 6.07) is 17.5. The number of benzene rings is 1. The maximum atomic E-state index is 11.3. The number of pyridine rings is 1. The second-order valence-electron chi connectivity index (χ2n) is 8.50. The van der Waals surface area contributed by atoms with E-state index in [1.807, 2.05) is 42.5 Å². The smallest absolute Gasteiger partial charge is 0.221 e. The van der Waals surface area contributed by atoms with Crippen molar-refractivity contribution < 1.29 is 4.79 Å². The lowest BCUT2D eigenvalue weighted by Crippen LogP contribution is -2.11. The summed E-state index contributed by atoms with van der Waals surface area (Å²) in [7, 11) is 0. The Bertz CT molecular complexity index is 1610. The van der Waals surface area contributed by atoms with Gasteiger partial charge in [-0.15, -0.1) is 10.2 Å². The summed E-state index contributed by atoms with van der Waals surface area (Å²) in [6.07, 6.45) is 3.34. The van der Waals surface area contributed by atoms with Gasteiger partial charge in [-0.2, -0.15) is 10.4 Å². The summed E-state index contributed by atoms with van der Waals surface area (Å²) in [4.78, 5) is 16.0. The van der Waals surface area contributed by atoms with Gasteiger partial charge in [0.15, 0.2) is 5.01 Å². The lowest BCUT2D eigenvalue weighted by molar-refractivity contribution is -0.114. The molecular formula is C26H22N8OS. The molecule has 0 atom stereocenters. The van der Waals surface area contributed by atoms with Gasteiger partial charge in [-0.05, 0) is 62.4 Å². The first kappa shape index (κ1) is 23.1. The number of carbonyl (C=O) groups excluding carboxylic acids is 1. The first-order chi connectivity index (χ1) is 17.4. The van der Waals surface area contributed by atoms with E-state index in [1.54, 1.807) is 23.0 Å². The van der Waals surface area contributed by atoms with E-state index in [4.69, 9.17) is 10.2 Å². The molecule has 0 spiro atoms. The third-order valence-corrected chi connectivity index (χ3v) is 6.35. The van der Waals surface area contributed by atoms with Crippen LogP contribution < -0.4 is 10.6 Å². The van der Waals surface area contributed by atoms with Gasteiger partial charge in [0.25, 0.3) is 0 Å². The van der Waals surface area contributed by atoms with Crippen LogP contribution in [0.4, 0.5) is 11.4 Å². The van der Waals surface area contributed by atoms with Crippen LogP contribution in [0, 0.1) is 11.3 Å². The van der Waals surface area contributed by atoms with Crippen LogP contribution in [0.3, 0.4) is 0 Å². The number of anilines is 2. The number of nitrogens with one attached hydrogen (secondary N) is 2. The van der Waals surface area contributed by atoms with Crippen molar-refractivity contribution >= 4 is 34.1 Å². The molecule has 10 heteroatoms. The Labute approximate surface area is 211 Å².